The summed E-state index contributed by atoms with van der Waals surface area (Å²) in [6, 6.07) is 4.00. The molecule has 0 amide bonds. The van der Waals surface area contributed by atoms with Gasteiger partial charge in [-0.05, 0) is 11.6 Å². The molecule has 1 aromatic rings. The standard InChI is InChI=1S/C13H20N2O3S/c1-17-7-6-14-9-11-3-4-12(15-10-11)19-8-5-13(16)18-2/h3-4,10,14H,5-9H2,1-2H3. The summed E-state index contributed by atoms with van der Waals surface area (Å²) >= 11 is 1.55. The van der Waals surface area contributed by atoms with Crippen LogP contribution in [0.15, 0.2) is 23.4 Å². The van der Waals surface area contributed by atoms with E-state index in [1.165, 1.54) is 7.11 Å². The monoisotopic (exact) mass is 284 g/mol. The average Bonchev–Trinajstić information content (AvgIpc) is 2.45. The number of carbonyl (C=O) groups is 1. The molecular weight excluding hydrogens is 264 g/mol. The number of esters is 1. The van der Waals surface area contributed by atoms with Crippen molar-refractivity contribution < 1.29 is 14.3 Å². The maximum absolute atomic E-state index is 11.0. The fraction of sp³-hybridized carbons (Fsp3) is 0.538. The lowest BCUT2D eigenvalue weighted by Crippen LogP contribution is -2.18. The van der Waals surface area contributed by atoms with Gasteiger partial charge in [0.25, 0.3) is 0 Å². The van der Waals surface area contributed by atoms with E-state index >= 15 is 0 Å². The van der Waals surface area contributed by atoms with Gasteiger partial charge in [-0.2, -0.15) is 0 Å². The van der Waals surface area contributed by atoms with Gasteiger partial charge in [-0.3, -0.25) is 4.79 Å². The minimum Gasteiger partial charge on any atom is -0.469 e. The second-order valence-electron chi connectivity index (χ2n) is 3.85. The highest BCUT2D eigenvalue weighted by atomic mass is 32.2. The minimum atomic E-state index is -0.188. The first-order valence-electron chi connectivity index (χ1n) is 6.10. The molecule has 1 heterocycles. The van der Waals surface area contributed by atoms with Gasteiger partial charge < -0.3 is 14.8 Å². The van der Waals surface area contributed by atoms with Crippen LogP contribution in [0.3, 0.4) is 0 Å². The van der Waals surface area contributed by atoms with Crippen LogP contribution in [0, 0.1) is 0 Å². The van der Waals surface area contributed by atoms with Gasteiger partial charge in [0, 0.05) is 32.1 Å². The number of rotatable bonds is 9. The number of aromatic nitrogens is 1. The van der Waals surface area contributed by atoms with E-state index in [9.17, 15) is 4.79 Å². The van der Waals surface area contributed by atoms with Gasteiger partial charge in [-0.25, -0.2) is 4.98 Å². The molecule has 106 valence electrons. The van der Waals surface area contributed by atoms with Crippen LogP contribution in [0.5, 0.6) is 0 Å². The van der Waals surface area contributed by atoms with Crippen LogP contribution in [-0.2, 0) is 20.8 Å². The SMILES string of the molecule is COCCNCc1ccc(SCCC(=O)OC)nc1. The molecular formula is C13H20N2O3S. The molecule has 19 heavy (non-hydrogen) atoms. The van der Waals surface area contributed by atoms with E-state index in [1.54, 1.807) is 18.9 Å². The summed E-state index contributed by atoms with van der Waals surface area (Å²) in [6.45, 7) is 2.31. The first-order valence-corrected chi connectivity index (χ1v) is 7.09. The maximum Gasteiger partial charge on any atom is 0.306 e. The molecule has 1 aromatic heterocycles. The Bertz CT molecular complexity index is 371. The van der Waals surface area contributed by atoms with E-state index in [2.05, 4.69) is 15.0 Å². The van der Waals surface area contributed by atoms with Crippen LogP contribution in [0.25, 0.3) is 0 Å². The number of nitrogens with one attached hydrogen (secondary N) is 1. The smallest absolute Gasteiger partial charge is 0.306 e. The quantitative estimate of drug-likeness (QED) is 0.421. The van der Waals surface area contributed by atoms with E-state index < -0.39 is 0 Å². The molecule has 0 radical (unpaired) electrons. The Labute approximate surface area is 118 Å². The molecule has 0 saturated heterocycles. The maximum atomic E-state index is 11.0. The van der Waals surface area contributed by atoms with Crippen molar-refractivity contribution in [2.24, 2.45) is 0 Å². The Morgan fingerprint density at radius 3 is 2.89 bits per heavy atom. The van der Waals surface area contributed by atoms with Gasteiger partial charge in [0.05, 0.1) is 25.2 Å². The minimum absolute atomic E-state index is 0.188. The molecule has 0 saturated carbocycles. The zero-order chi connectivity index (χ0) is 13.9. The Balaban J connectivity index is 2.25. The van der Waals surface area contributed by atoms with Crippen LogP contribution >= 0.6 is 11.8 Å². The number of thioether (sulfide) groups is 1. The van der Waals surface area contributed by atoms with Gasteiger partial charge in [0.2, 0.25) is 0 Å². The fourth-order valence-corrected chi connectivity index (χ4v) is 2.12. The number of carbonyl (C=O) groups excluding carboxylic acids is 1. The van der Waals surface area contributed by atoms with E-state index in [0.29, 0.717) is 18.8 Å². The summed E-state index contributed by atoms with van der Waals surface area (Å²) in [5.41, 5.74) is 1.13. The first-order chi connectivity index (χ1) is 9.26. The molecule has 0 spiro atoms. The van der Waals surface area contributed by atoms with Crippen molar-refractivity contribution in [1.29, 1.82) is 0 Å². The molecule has 0 aliphatic heterocycles. The molecule has 0 unspecified atom stereocenters. The molecule has 0 aliphatic rings. The molecule has 5 nitrogen and oxygen atoms in total. The highest BCUT2D eigenvalue weighted by Crippen LogP contribution is 2.16. The van der Waals surface area contributed by atoms with Crippen LogP contribution in [0.4, 0.5) is 0 Å². The lowest BCUT2D eigenvalue weighted by Gasteiger charge is -2.05. The van der Waals surface area contributed by atoms with Gasteiger partial charge >= 0.3 is 5.97 Å². The highest BCUT2D eigenvalue weighted by molar-refractivity contribution is 7.99. The fourth-order valence-electron chi connectivity index (χ4n) is 1.35. The summed E-state index contributed by atoms with van der Waals surface area (Å²) in [4.78, 5) is 15.3. The van der Waals surface area contributed by atoms with Crippen molar-refractivity contribution in [3.8, 4) is 0 Å². The Morgan fingerprint density at radius 1 is 1.42 bits per heavy atom. The molecule has 6 heteroatoms. The Morgan fingerprint density at radius 2 is 2.26 bits per heavy atom. The largest absolute Gasteiger partial charge is 0.469 e. The van der Waals surface area contributed by atoms with Crippen LogP contribution in [0.1, 0.15) is 12.0 Å². The van der Waals surface area contributed by atoms with Crippen molar-refractivity contribution in [3.63, 3.8) is 0 Å². The van der Waals surface area contributed by atoms with Crippen molar-refractivity contribution in [2.75, 3.05) is 33.1 Å². The van der Waals surface area contributed by atoms with Gasteiger partial charge in [-0.1, -0.05) is 6.07 Å². The summed E-state index contributed by atoms with van der Waals surface area (Å²) in [6.07, 6.45) is 2.25. The summed E-state index contributed by atoms with van der Waals surface area (Å²) in [7, 11) is 3.08. The summed E-state index contributed by atoms with van der Waals surface area (Å²) in [5, 5.41) is 4.18. The van der Waals surface area contributed by atoms with Crippen LogP contribution < -0.4 is 5.32 Å². The number of nitrogens with zero attached hydrogens (tertiary/aromatic N) is 1. The second-order valence-corrected chi connectivity index (χ2v) is 4.96. The summed E-state index contributed by atoms with van der Waals surface area (Å²) in [5.74, 6) is 0.497. The number of ether oxygens (including phenoxy) is 2. The predicted octanol–water partition coefficient (Wildman–Crippen LogP) is 1.47. The third kappa shape index (κ3) is 7.15. The van der Waals surface area contributed by atoms with Crippen LogP contribution in [0.2, 0.25) is 0 Å². The Kier molecular flexibility index (Phi) is 8.20. The van der Waals surface area contributed by atoms with Gasteiger partial charge in [0.15, 0.2) is 0 Å². The third-order valence-electron chi connectivity index (χ3n) is 2.39. The second kappa shape index (κ2) is 9.77. The van der Waals surface area contributed by atoms with Crippen molar-refractivity contribution >= 4 is 17.7 Å². The van der Waals surface area contributed by atoms with E-state index in [0.717, 1.165) is 23.7 Å². The van der Waals surface area contributed by atoms with Gasteiger partial charge in [-0.15, -0.1) is 11.8 Å². The van der Waals surface area contributed by atoms with Gasteiger partial charge in [0.1, 0.15) is 0 Å². The molecule has 1 rings (SSSR count). The lowest BCUT2D eigenvalue weighted by molar-refractivity contribution is -0.140. The molecule has 0 atom stereocenters. The number of hydrogen-bond donors (Lipinski definition) is 1. The molecule has 0 bridgehead atoms. The molecule has 1 N–H and O–H groups in total. The first kappa shape index (κ1) is 15.9. The van der Waals surface area contributed by atoms with Crippen molar-refractivity contribution in [3.05, 3.63) is 23.9 Å². The average molecular weight is 284 g/mol. The zero-order valence-corrected chi connectivity index (χ0v) is 12.2. The number of hydrogen-bond acceptors (Lipinski definition) is 6. The predicted molar refractivity (Wildman–Crippen MR) is 75.2 cm³/mol. The van der Waals surface area contributed by atoms with Crippen molar-refractivity contribution in [1.82, 2.24) is 10.3 Å². The molecule has 0 fully saturated rings. The Hall–Kier alpha value is -1.11. The zero-order valence-electron chi connectivity index (χ0n) is 11.3. The lowest BCUT2D eigenvalue weighted by atomic mass is 10.3. The third-order valence-corrected chi connectivity index (χ3v) is 3.34. The van der Waals surface area contributed by atoms with Crippen molar-refractivity contribution in [2.45, 2.75) is 18.0 Å². The summed E-state index contributed by atoms with van der Waals surface area (Å²) < 4.78 is 9.53. The highest BCUT2D eigenvalue weighted by Gasteiger charge is 2.02. The number of pyridine rings is 1. The molecule has 0 aliphatic carbocycles. The van der Waals surface area contributed by atoms with E-state index in [-0.39, 0.29) is 5.97 Å². The van der Waals surface area contributed by atoms with E-state index in [4.69, 9.17) is 4.74 Å². The number of methoxy groups -OCH3 is 2. The van der Waals surface area contributed by atoms with Crippen LogP contribution in [-0.4, -0.2) is 44.1 Å². The topological polar surface area (TPSA) is 60.5 Å². The normalized spacial score (nSPS) is 10.4. The van der Waals surface area contributed by atoms with E-state index in [1.807, 2.05) is 18.3 Å². The molecule has 0 aromatic carbocycles.